The van der Waals surface area contributed by atoms with E-state index in [0.29, 0.717) is 4.83 Å². The monoisotopic (exact) mass is 330 g/mol. The normalized spacial score (nSPS) is 13.2. The van der Waals surface area contributed by atoms with Crippen LogP contribution in [0.25, 0.3) is 0 Å². The maximum Gasteiger partial charge on any atom is 0.0435 e. The van der Waals surface area contributed by atoms with E-state index in [1.165, 1.54) is 16.7 Å². The quantitative estimate of drug-likeness (QED) is 0.585. The van der Waals surface area contributed by atoms with Crippen molar-refractivity contribution in [2.45, 2.75) is 43.9 Å². The van der Waals surface area contributed by atoms with E-state index in [2.05, 4.69) is 91.3 Å². The van der Waals surface area contributed by atoms with Gasteiger partial charge in [0, 0.05) is 4.83 Å². The molecular weight excluding hydrogens is 308 g/mol. The van der Waals surface area contributed by atoms with Crippen LogP contribution >= 0.6 is 15.9 Å². The molecule has 2 aromatic carbocycles. The van der Waals surface area contributed by atoms with Gasteiger partial charge in [0.2, 0.25) is 0 Å². The van der Waals surface area contributed by atoms with Crippen LogP contribution in [0.1, 0.15) is 48.7 Å². The van der Waals surface area contributed by atoms with Gasteiger partial charge < -0.3 is 0 Å². The second kappa shape index (κ2) is 6.58. The third kappa shape index (κ3) is 3.73. The molecule has 1 heteroatoms. The van der Waals surface area contributed by atoms with Gasteiger partial charge in [-0.3, -0.25) is 0 Å². The Morgan fingerprint density at radius 3 is 2.10 bits per heavy atom. The fourth-order valence-corrected chi connectivity index (χ4v) is 2.97. The minimum Gasteiger partial charge on any atom is -0.0835 e. The first-order valence-corrected chi connectivity index (χ1v) is 8.23. The summed E-state index contributed by atoms with van der Waals surface area (Å²) in [6.45, 7) is 6.85. The van der Waals surface area contributed by atoms with Gasteiger partial charge in [0.1, 0.15) is 0 Å². The van der Waals surface area contributed by atoms with E-state index in [1.807, 2.05) is 0 Å². The molecule has 20 heavy (non-hydrogen) atoms. The predicted octanol–water partition coefficient (Wildman–Crippen LogP) is 6.05. The lowest BCUT2D eigenvalue weighted by Crippen LogP contribution is -2.15. The molecule has 0 saturated carbocycles. The molecule has 0 saturated heterocycles. The standard InChI is InChI=1S/C19H23Br/c1-4-19(2,3)17-12-10-16(11-13-17)18(20)14-15-8-6-5-7-9-15/h5-13,18H,4,14H2,1-3H3. The molecule has 2 aromatic rings. The lowest BCUT2D eigenvalue weighted by molar-refractivity contribution is 0.506. The Balaban J connectivity index is 2.10. The van der Waals surface area contributed by atoms with Crippen LogP contribution in [-0.2, 0) is 11.8 Å². The summed E-state index contributed by atoms with van der Waals surface area (Å²) in [5.41, 5.74) is 4.40. The number of alkyl halides is 1. The Morgan fingerprint density at radius 1 is 0.950 bits per heavy atom. The number of hydrogen-bond acceptors (Lipinski definition) is 0. The van der Waals surface area contributed by atoms with Gasteiger partial charge in [-0.1, -0.05) is 91.3 Å². The summed E-state index contributed by atoms with van der Waals surface area (Å²) in [4.78, 5) is 0.378. The minimum absolute atomic E-state index is 0.264. The smallest absolute Gasteiger partial charge is 0.0435 e. The fraction of sp³-hybridized carbons (Fsp3) is 0.368. The lowest BCUT2D eigenvalue weighted by Gasteiger charge is -2.24. The summed E-state index contributed by atoms with van der Waals surface area (Å²) in [5.74, 6) is 0. The highest BCUT2D eigenvalue weighted by atomic mass is 79.9. The Kier molecular flexibility index (Phi) is 5.04. The van der Waals surface area contributed by atoms with Gasteiger partial charge in [-0.05, 0) is 34.9 Å². The first-order chi connectivity index (χ1) is 9.53. The average molecular weight is 331 g/mol. The van der Waals surface area contributed by atoms with E-state index in [9.17, 15) is 0 Å². The van der Waals surface area contributed by atoms with Gasteiger partial charge in [0.15, 0.2) is 0 Å². The van der Waals surface area contributed by atoms with Crippen LogP contribution < -0.4 is 0 Å². The molecule has 0 amide bonds. The summed E-state index contributed by atoms with van der Waals surface area (Å²) in [6.07, 6.45) is 2.19. The molecule has 106 valence electrons. The van der Waals surface area contributed by atoms with Crippen molar-refractivity contribution < 1.29 is 0 Å². The van der Waals surface area contributed by atoms with Crippen molar-refractivity contribution in [2.75, 3.05) is 0 Å². The van der Waals surface area contributed by atoms with Crippen LogP contribution in [0.5, 0.6) is 0 Å². The van der Waals surface area contributed by atoms with Gasteiger partial charge >= 0.3 is 0 Å². The molecule has 0 aliphatic carbocycles. The molecule has 1 atom stereocenters. The Morgan fingerprint density at radius 2 is 1.55 bits per heavy atom. The van der Waals surface area contributed by atoms with Gasteiger partial charge in [-0.15, -0.1) is 0 Å². The molecule has 0 bridgehead atoms. The van der Waals surface area contributed by atoms with Gasteiger partial charge in [0.25, 0.3) is 0 Å². The first-order valence-electron chi connectivity index (χ1n) is 7.31. The van der Waals surface area contributed by atoms with E-state index < -0.39 is 0 Å². The Hall–Kier alpha value is -1.08. The maximum atomic E-state index is 3.81. The molecule has 0 N–H and O–H groups in total. The molecule has 0 aromatic heterocycles. The molecule has 0 heterocycles. The van der Waals surface area contributed by atoms with Crippen LogP contribution in [-0.4, -0.2) is 0 Å². The van der Waals surface area contributed by atoms with Crippen molar-refractivity contribution in [1.82, 2.24) is 0 Å². The van der Waals surface area contributed by atoms with Gasteiger partial charge in [-0.25, -0.2) is 0 Å². The zero-order chi connectivity index (χ0) is 14.6. The van der Waals surface area contributed by atoms with Crippen LogP contribution in [0, 0.1) is 0 Å². The summed E-state index contributed by atoms with van der Waals surface area (Å²) in [7, 11) is 0. The highest BCUT2D eigenvalue weighted by Crippen LogP contribution is 2.31. The lowest BCUT2D eigenvalue weighted by atomic mass is 9.82. The SMILES string of the molecule is CCC(C)(C)c1ccc(C(Br)Cc2ccccc2)cc1. The Labute approximate surface area is 131 Å². The van der Waals surface area contributed by atoms with Crippen LogP contribution in [0.4, 0.5) is 0 Å². The maximum absolute atomic E-state index is 3.81. The van der Waals surface area contributed by atoms with Crippen molar-refractivity contribution >= 4 is 15.9 Å². The summed E-state index contributed by atoms with van der Waals surface area (Å²) < 4.78 is 0. The van der Waals surface area contributed by atoms with E-state index >= 15 is 0 Å². The highest BCUT2D eigenvalue weighted by Gasteiger charge is 2.18. The van der Waals surface area contributed by atoms with E-state index in [-0.39, 0.29) is 5.41 Å². The average Bonchev–Trinajstić information content (AvgIpc) is 2.48. The summed E-state index contributed by atoms with van der Waals surface area (Å²) >= 11 is 3.81. The second-order valence-corrected chi connectivity index (χ2v) is 7.12. The van der Waals surface area contributed by atoms with E-state index in [0.717, 1.165) is 12.8 Å². The van der Waals surface area contributed by atoms with Crippen LogP contribution in [0.3, 0.4) is 0 Å². The summed E-state index contributed by atoms with van der Waals surface area (Å²) in [6, 6.07) is 19.7. The van der Waals surface area contributed by atoms with Crippen LogP contribution in [0.15, 0.2) is 54.6 Å². The topological polar surface area (TPSA) is 0 Å². The van der Waals surface area contributed by atoms with Gasteiger partial charge in [-0.2, -0.15) is 0 Å². The van der Waals surface area contributed by atoms with Crippen molar-refractivity contribution in [3.05, 3.63) is 71.3 Å². The van der Waals surface area contributed by atoms with Crippen molar-refractivity contribution in [2.24, 2.45) is 0 Å². The zero-order valence-corrected chi connectivity index (χ0v) is 14.2. The molecule has 0 aliphatic heterocycles. The van der Waals surface area contributed by atoms with Crippen LogP contribution in [0.2, 0.25) is 0 Å². The fourth-order valence-electron chi connectivity index (χ4n) is 2.29. The molecule has 0 fully saturated rings. The molecule has 1 unspecified atom stereocenters. The van der Waals surface area contributed by atoms with E-state index in [4.69, 9.17) is 0 Å². The van der Waals surface area contributed by atoms with Gasteiger partial charge in [0.05, 0.1) is 0 Å². The number of hydrogen-bond donors (Lipinski definition) is 0. The van der Waals surface area contributed by atoms with E-state index in [1.54, 1.807) is 0 Å². The minimum atomic E-state index is 0.264. The molecular formula is C19H23Br. The first kappa shape index (κ1) is 15.3. The predicted molar refractivity (Wildman–Crippen MR) is 91.6 cm³/mol. The highest BCUT2D eigenvalue weighted by molar-refractivity contribution is 9.09. The largest absolute Gasteiger partial charge is 0.0835 e. The molecule has 2 rings (SSSR count). The second-order valence-electron chi connectivity index (χ2n) is 6.02. The number of rotatable bonds is 5. The van der Waals surface area contributed by atoms with Crippen molar-refractivity contribution in [3.63, 3.8) is 0 Å². The Bertz CT molecular complexity index is 525. The third-order valence-corrected chi connectivity index (χ3v) is 5.05. The number of halogens is 1. The molecule has 0 nitrogen and oxygen atoms in total. The molecule has 0 radical (unpaired) electrons. The third-order valence-electron chi connectivity index (χ3n) is 4.20. The van der Waals surface area contributed by atoms with Crippen molar-refractivity contribution in [3.8, 4) is 0 Å². The molecule has 0 spiro atoms. The summed E-state index contributed by atoms with van der Waals surface area (Å²) in [5, 5.41) is 0. The van der Waals surface area contributed by atoms with Crippen molar-refractivity contribution in [1.29, 1.82) is 0 Å². The molecule has 0 aliphatic rings. The zero-order valence-electron chi connectivity index (χ0n) is 12.6. The number of benzene rings is 2.